The topological polar surface area (TPSA) is 119 Å². The van der Waals surface area contributed by atoms with Gasteiger partial charge in [0.2, 0.25) is 5.28 Å². The van der Waals surface area contributed by atoms with Crippen LogP contribution in [0.4, 0.5) is 5.82 Å². The molecule has 3 atom stereocenters. The number of anilines is 1. The van der Waals surface area contributed by atoms with Gasteiger partial charge >= 0.3 is 0 Å². The number of hydrogen-bond acceptors (Lipinski definition) is 7. The highest BCUT2D eigenvalue weighted by molar-refractivity contribution is 6.28. The molecule has 1 aliphatic heterocycles. The van der Waals surface area contributed by atoms with Crippen LogP contribution >= 0.6 is 11.6 Å². The maximum absolute atomic E-state index is 9.74. The first kappa shape index (κ1) is 12.5. The maximum atomic E-state index is 9.74. The average molecular weight is 286 g/mol. The number of nitrogens with zero attached hydrogens (tertiary/aromatic N) is 4. The Morgan fingerprint density at radius 3 is 3.00 bits per heavy atom. The van der Waals surface area contributed by atoms with Crippen LogP contribution in [0.5, 0.6) is 0 Å². The highest BCUT2D eigenvalue weighted by atomic mass is 35.5. The summed E-state index contributed by atoms with van der Waals surface area (Å²) in [5.74, 6) is 0.186. The molecule has 0 aliphatic carbocycles. The molecule has 4 N–H and O–H groups in total. The predicted molar refractivity (Wildman–Crippen MR) is 66.4 cm³/mol. The Labute approximate surface area is 112 Å². The van der Waals surface area contributed by atoms with Crippen LogP contribution in [0.1, 0.15) is 12.6 Å². The monoisotopic (exact) mass is 285 g/mol. The van der Waals surface area contributed by atoms with Gasteiger partial charge in [-0.05, 0) is 11.6 Å². The molecule has 0 amide bonds. The average Bonchev–Trinajstić information content (AvgIpc) is 2.92. The van der Waals surface area contributed by atoms with Crippen molar-refractivity contribution in [2.24, 2.45) is 0 Å². The summed E-state index contributed by atoms with van der Waals surface area (Å²) in [5, 5.41) is 18.8. The second kappa shape index (κ2) is 4.57. The van der Waals surface area contributed by atoms with Crippen molar-refractivity contribution in [1.82, 2.24) is 19.5 Å². The lowest BCUT2D eigenvalue weighted by Crippen LogP contribution is -2.24. The zero-order valence-electron chi connectivity index (χ0n) is 9.77. The van der Waals surface area contributed by atoms with E-state index in [0.717, 1.165) is 0 Å². The Hall–Kier alpha value is -1.48. The fourth-order valence-electron chi connectivity index (χ4n) is 2.17. The fourth-order valence-corrected chi connectivity index (χ4v) is 2.34. The van der Waals surface area contributed by atoms with Crippen molar-refractivity contribution in [3.8, 4) is 0 Å². The van der Waals surface area contributed by atoms with Gasteiger partial charge in [0.1, 0.15) is 17.8 Å². The van der Waals surface area contributed by atoms with E-state index in [1.54, 1.807) is 4.57 Å². The Kier molecular flexibility index (Phi) is 3.02. The van der Waals surface area contributed by atoms with Crippen LogP contribution in [0, 0.1) is 0 Å². The number of imidazole rings is 1. The van der Waals surface area contributed by atoms with E-state index in [-0.39, 0.29) is 17.7 Å². The molecule has 1 saturated heterocycles. The van der Waals surface area contributed by atoms with E-state index >= 15 is 0 Å². The van der Waals surface area contributed by atoms with Gasteiger partial charge in [0.15, 0.2) is 11.5 Å². The molecule has 1 aliphatic rings. The van der Waals surface area contributed by atoms with Crippen LogP contribution in [0.15, 0.2) is 6.33 Å². The number of rotatable bonds is 2. The van der Waals surface area contributed by atoms with E-state index in [0.29, 0.717) is 17.6 Å². The molecule has 9 heteroatoms. The van der Waals surface area contributed by atoms with Gasteiger partial charge in [-0.25, -0.2) is 4.98 Å². The van der Waals surface area contributed by atoms with Crippen LogP contribution in [0.25, 0.3) is 11.2 Å². The first-order chi connectivity index (χ1) is 9.10. The number of nitrogens with two attached hydrogens (primary N) is 1. The molecular formula is C10H12ClN5O3. The molecule has 3 rings (SSSR count). The molecule has 0 bridgehead atoms. The van der Waals surface area contributed by atoms with Crippen molar-refractivity contribution in [2.45, 2.75) is 24.9 Å². The number of halogens is 1. The van der Waals surface area contributed by atoms with Gasteiger partial charge in [0.05, 0.1) is 19.0 Å². The Bertz CT molecular complexity index is 618. The molecule has 1 fully saturated rings. The molecule has 3 heterocycles. The Morgan fingerprint density at radius 2 is 2.32 bits per heavy atom. The third-order valence-electron chi connectivity index (χ3n) is 3.12. The third kappa shape index (κ3) is 2.02. The van der Waals surface area contributed by atoms with E-state index in [9.17, 15) is 5.11 Å². The SMILES string of the molecule is Nc1nc(Cl)nc2c1ncn2[C@@H]1C[C@H](O)[C@@H](CO)O1. The van der Waals surface area contributed by atoms with Crippen molar-refractivity contribution in [3.63, 3.8) is 0 Å². The van der Waals surface area contributed by atoms with Crippen LogP contribution in [0.3, 0.4) is 0 Å². The summed E-state index contributed by atoms with van der Waals surface area (Å²) in [7, 11) is 0. The smallest absolute Gasteiger partial charge is 0.226 e. The summed E-state index contributed by atoms with van der Waals surface area (Å²) in [4.78, 5) is 12.0. The second-order valence-electron chi connectivity index (χ2n) is 4.32. The zero-order valence-corrected chi connectivity index (χ0v) is 10.5. The normalized spacial score (nSPS) is 27.2. The van der Waals surface area contributed by atoms with Gasteiger partial charge in [0.25, 0.3) is 0 Å². The molecule has 8 nitrogen and oxygen atoms in total. The molecular weight excluding hydrogens is 274 g/mol. The second-order valence-corrected chi connectivity index (χ2v) is 4.65. The maximum Gasteiger partial charge on any atom is 0.226 e. The zero-order chi connectivity index (χ0) is 13.6. The molecule has 0 spiro atoms. The fraction of sp³-hybridized carbons (Fsp3) is 0.500. The predicted octanol–water partition coefficient (Wildman–Crippen LogP) is -0.297. The Morgan fingerprint density at radius 1 is 1.53 bits per heavy atom. The number of nitrogen functional groups attached to an aromatic ring is 1. The van der Waals surface area contributed by atoms with E-state index in [4.69, 9.17) is 27.2 Å². The molecule has 2 aromatic rings. The van der Waals surface area contributed by atoms with Crippen molar-refractivity contribution >= 4 is 28.6 Å². The quantitative estimate of drug-likeness (QED) is 0.648. The third-order valence-corrected chi connectivity index (χ3v) is 3.28. The minimum atomic E-state index is -0.734. The van der Waals surface area contributed by atoms with Crippen molar-refractivity contribution in [3.05, 3.63) is 11.6 Å². The summed E-state index contributed by atoms with van der Waals surface area (Å²) < 4.78 is 7.16. The standard InChI is InChI=1S/C10H12ClN5O3/c11-10-14-8(12)7-9(15-10)16(3-13-7)6-1-4(18)5(2-17)19-6/h3-6,17-18H,1-2H2,(H2,12,14,15)/t4-,5+,6-/m0/s1. The number of aliphatic hydroxyl groups is 2. The van der Waals surface area contributed by atoms with E-state index in [2.05, 4.69) is 15.0 Å². The summed E-state index contributed by atoms with van der Waals surface area (Å²) in [6.45, 7) is -0.248. The largest absolute Gasteiger partial charge is 0.394 e. The van der Waals surface area contributed by atoms with Gasteiger partial charge in [-0.15, -0.1) is 0 Å². The molecule has 102 valence electrons. The van der Waals surface area contributed by atoms with E-state index in [1.807, 2.05) is 0 Å². The summed E-state index contributed by atoms with van der Waals surface area (Å²) in [5.41, 5.74) is 6.57. The molecule has 0 aromatic carbocycles. The lowest BCUT2D eigenvalue weighted by Gasteiger charge is -2.13. The first-order valence-electron chi connectivity index (χ1n) is 5.70. The lowest BCUT2D eigenvalue weighted by molar-refractivity contribution is -0.0432. The molecule has 0 radical (unpaired) electrons. The molecule has 19 heavy (non-hydrogen) atoms. The van der Waals surface area contributed by atoms with Gasteiger partial charge in [-0.1, -0.05) is 0 Å². The lowest BCUT2D eigenvalue weighted by atomic mass is 10.2. The Balaban J connectivity index is 2.02. The number of aromatic nitrogens is 4. The number of aliphatic hydroxyl groups excluding tert-OH is 2. The van der Waals surface area contributed by atoms with Gasteiger partial charge < -0.3 is 20.7 Å². The molecule has 0 saturated carbocycles. The number of ether oxygens (including phenoxy) is 1. The van der Waals surface area contributed by atoms with Crippen molar-refractivity contribution in [2.75, 3.05) is 12.3 Å². The van der Waals surface area contributed by atoms with Crippen LogP contribution < -0.4 is 5.73 Å². The molecule has 2 aromatic heterocycles. The van der Waals surface area contributed by atoms with Gasteiger partial charge in [-0.2, -0.15) is 9.97 Å². The summed E-state index contributed by atoms with van der Waals surface area (Å²) in [6, 6.07) is 0. The van der Waals surface area contributed by atoms with Crippen LogP contribution in [0.2, 0.25) is 5.28 Å². The summed E-state index contributed by atoms with van der Waals surface area (Å²) in [6.07, 6.45) is 0.0169. The van der Waals surface area contributed by atoms with Crippen molar-refractivity contribution < 1.29 is 14.9 Å². The minimum Gasteiger partial charge on any atom is -0.394 e. The highest BCUT2D eigenvalue weighted by Crippen LogP contribution is 2.31. The van der Waals surface area contributed by atoms with E-state index in [1.165, 1.54) is 6.33 Å². The van der Waals surface area contributed by atoms with Crippen LogP contribution in [-0.4, -0.2) is 48.5 Å². The highest BCUT2D eigenvalue weighted by Gasteiger charge is 2.35. The van der Waals surface area contributed by atoms with Gasteiger partial charge in [-0.3, -0.25) is 4.57 Å². The molecule has 0 unspecified atom stereocenters. The summed E-state index contributed by atoms with van der Waals surface area (Å²) >= 11 is 5.77. The number of fused-ring (bicyclic) bond motifs is 1. The van der Waals surface area contributed by atoms with Gasteiger partial charge in [0, 0.05) is 6.42 Å². The minimum absolute atomic E-state index is 0.0176. The number of hydrogen-bond donors (Lipinski definition) is 3. The first-order valence-corrected chi connectivity index (χ1v) is 6.08. The van der Waals surface area contributed by atoms with Crippen molar-refractivity contribution in [1.29, 1.82) is 0 Å². The van der Waals surface area contributed by atoms with E-state index < -0.39 is 18.4 Å². The van der Waals surface area contributed by atoms with Crippen LogP contribution in [-0.2, 0) is 4.74 Å².